The number of nitrogen functional groups attached to an aromatic ring is 1. The predicted molar refractivity (Wildman–Crippen MR) is 85.1 cm³/mol. The minimum absolute atomic E-state index is 0.268. The molecule has 21 heavy (non-hydrogen) atoms. The van der Waals surface area contributed by atoms with Crippen LogP contribution >= 0.6 is 0 Å². The van der Waals surface area contributed by atoms with E-state index in [9.17, 15) is 0 Å². The van der Waals surface area contributed by atoms with Crippen molar-refractivity contribution in [2.24, 2.45) is 0 Å². The summed E-state index contributed by atoms with van der Waals surface area (Å²) in [6, 6.07) is 4.25. The van der Waals surface area contributed by atoms with E-state index in [0.29, 0.717) is 6.04 Å². The van der Waals surface area contributed by atoms with Crippen LogP contribution in [0.2, 0.25) is 0 Å². The average Bonchev–Trinajstić information content (AvgIpc) is 2.90. The molecule has 3 N–H and O–H groups in total. The summed E-state index contributed by atoms with van der Waals surface area (Å²) in [5.41, 5.74) is 9.42. The summed E-state index contributed by atoms with van der Waals surface area (Å²) in [5, 5.41) is 1.05. The molecule has 0 radical (unpaired) electrons. The van der Waals surface area contributed by atoms with Crippen molar-refractivity contribution in [2.45, 2.75) is 19.9 Å². The van der Waals surface area contributed by atoms with E-state index < -0.39 is 0 Å². The number of nitrogens with zero attached hydrogens (tertiary/aromatic N) is 4. The van der Waals surface area contributed by atoms with E-state index in [-0.39, 0.29) is 5.95 Å². The molecule has 0 aliphatic heterocycles. The van der Waals surface area contributed by atoms with Crippen molar-refractivity contribution >= 4 is 22.7 Å². The van der Waals surface area contributed by atoms with E-state index in [1.807, 2.05) is 24.5 Å². The van der Waals surface area contributed by atoms with Crippen molar-refractivity contribution in [3.05, 3.63) is 30.7 Å². The molecular formula is C15H18N6. The molecule has 0 aliphatic rings. The number of anilines is 2. The Kier molecular flexibility index (Phi) is 3.21. The maximum atomic E-state index is 5.70. The molecule has 0 saturated carbocycles. The number of aromatic nitrogens is 4. The van der Waals surface area contributed by atoms with Crippen LogP contribution in [0.4, 0.5) is 11.6 Å². The Bertz CT molecular complexity index is 777. The quantitative estimate of drug-likeness (QED) is 0.771. The lowest BCUT2D eigenvalue weighted by Gasteiger charge is -2.24. The fourth-order valence-electron chi connectivity index (χ4n) is 2.34. The van der Waals surface area contributed by atoms with Crippen molar-refractivity contribution in [1.82, 2.24) is 19.9 Å². The molecule has 0 unspecified atom stereocenters. The van der Waals surface area contributed by atoms with Gasteiger partial charge in [-0.2, -0.15) is 0 Å². The first-order valence-electron chi connectivity index (χ1n) is 6.85. The second-order valence-electron chi connectivity index (χ2n) is 5.26. The third-order valence-electron chi connectivity index (χ3n) is 3.66. The Morgan fingerprint density at radius 2 is 1.95 bits per heavy atom. The van der Waals surface area contributed by atoms with Gasteiger partial charge in [0.15, 0.2) is 0 Å². The lowest BCUT2D eigenvalue weighted by atomic mass is 10.1. The van der Waals surface area contributed by atoms with Crippen molar-refractivity contribution in [3.63, 3.8) is 0 Å². The van der Waals surface area contributed by atoms with Gasteiger partial charge in [-0.05, 0) is 26.0 Å². The van der Waals surface area contributed by atoms with Crippen LogP contribution in [-0.2, 0) is 0 Å². The normalized spacial score (nSPS) is 11.2. The maximum Gasteiger partial charge on any atom is 0.220 e. The molecule has 3 aromatic rings. The molecule has 3 aromatic heterocycles. The largest absolute Gasteiger partial charge is 0.372 e. The van der Waals surface area contributed by atoms with Crippen LogP contribution in [0.3, 0.4) is 0 Å². The van der Waals surface area contributed by atoms with Crippen LogP contribution in [0.15, 0.2) is 30.7 Å². The van der Waals surface area contributed by atoms with Gasteiger partial charge in [0.1, 0.15) is 5.65 Å². The third kappa shape index (κ3) is 2.29. The molecule has 0 aromatic carbocycles. The van der Waals surface area contributed by atoms with Gasteiger partial charge < -0.3 is 15.6 Å². The van der Waals surface area contributed by atoms with Crippen molar-refractivity contribution in [1.29, 1.82) is 0 Å². The fraction of sp³-hybridized carbons (Fsp3) is 0.267. The molecule has 0 aliphatic carbocycles. The summed E-state index contributed by atoms with van der Waals surface area (Å²) in [6.45, 7) is 4.31. The molecular weight excluding hydrogens is 264 g/mol. The summed E-state index contributed by atoms with van der Waals surface area (Å²) in [4.78, 5) is 18.1. The highest BCUT2D eigenvalue weighted by molar-refractivity contribution is 6.01. The zero-order chi connectivity index (χ0) is 15.0. The van der Waals surface area contributed by atoms with E-state index in [4.69, 9.17) is 5.73 Å². The zero-order valence-corrected chi connectivity index (χ0v) is 12.3. The van der Waals surface area contributed by atoms with Gasteiger partial charge in [-0.3, -0.25) is 0 Å². The highest BCUT2D eigenvalue weighted by Crippen LogP contribution is 2.34. The first-order valence-corrected chi connectivity index (χ1v) is 6.85. The van der Waals surface area contributed by atoms with E-state index in [1.165, 1.54) is 0 Å². The SMILES string of the molecule is CC(C)N(C)c1ccnc2[nH]cc(-c3ccnc(N)n3)c12. The Morgan fingerprint density at radius 3 is 2.67 bits per heavy atom. The number of nitrogens with two attached hydrogens (primary N) is 1. The molecule has 0 saturated heterocycles. The second kappa shape index (κ2) is 5.05. The summed E-state index contributed by atoms with van der Waals surface area (Å²) in [6.07, 6.45) is 5.39. The number of nitrogens with one attached hydrogen (secondary N) is 1. The Labute approximate surface area is 123 Å². The van der Waals surface area contributed by atoms with Gasteiger partial charge in [-0.15, -0.1) is 0 Å². The van der Waals surface area contributed by atoms with Crippen LogP contribution in [0, 0.1) is 0 Å². The Balaban J connectivity index is 2.25. The Morgan fingerprint density at radius 1 is 1.19 bits per heavy atom. The smallest absolute Gasteiger partial charge is 0.220 e. The van der Waals surface area contributed by atoms with Crippen LogP contribution in [0.5, 0.6) is 0 Å². The lowest BCUT2D eigenvalue weighted by molar-refractivity contribution is 0.757. The Hall–Kier alpha value is -2.63. The van der Waals surface area contributed by atoms with Crippen LogP contribution < -0.4 is 10.6 Å². The van der Waals surface area contributed by atoms with Crippen LogP contribution in [0.1, 0.15) is 13.8 Å². The number of hydrogen-bond acceptors (Lipinski definition) is 5. The van der Waals surface area contributed by atoms with Crippen molar-refractivity contribution in [3.8, 4) is 11.3 Å². The highest BCUT2D eigenvalue weighted by Gasteiger charge is 2.16. The summed E-state index contributed by atoms with van der Waals surface area (Å²) < 4.78 is 0. The van der Waals surface area contributed by atoms with E-state index >= 15 is 0 Å². The van der Waals surface area contributed by atoms with Gasteiger partial charge in [-0.1, -0.05) is 0 Å². The first kappa shape index (κ1) is 13.4. The van der Waals surface area contributed by atoms with Crippen molar-refractivity contribution < 1.29 is 0 Å². The van der Waals surface area contributed by atoms with E-state index in [1.54, 1.807) is 6.20 Å². The number of H-pyrrole nitrogens is 1. The topological polar surface area (TPSA) is 83.7 Å². The number of hydrogen-bond donors (Lipinski definition) is 2. The molecule has 0 amide bonds. The molecule has 0 fully saturated rings. The number of rotatable bonds is 3. The predicted octanol–water partition coefficient (Wildman–Crippen LogP) is 2.45. The summed E-state index contributed by atoms with van der Waals surface area (Å²) in [7, 11) is 2.07. The molecule has 108 valence electrons. The first-order chi connectivity index (χ1) is 10.1. The number of pyridine rings is 1. The van der Waals surface area contributed by atoms with Gasteiger partial charge in [0, 0.05) is 42.9 Å². The van der Waals surface area contributed by atoms with Gasteiger partial charge >= 0.3 is 0 Å². The fourth-order valence-corrected chi connectivity index (χ4v) is 2.34. The van der Waals surface area contributed by atoms with Gasteiger partial charge in [0.25, 0.3) is 0 Å². The lowest BCUT2D eigenvalue weighted by Crippen LogP contribution is -2.25. The van der Waals surface area contributed by atoms with E-state index in [0.717, 1.165) is 28.0 Å². The molecule has 0 atom stereocenters. The molecule has 6 heteroatoms. The second-order valence-corrected chi connectivity index (χ2v) is 5.26. The average molecular weight is 282 g/mol. The van der Waals surface area contributed by atoms with E-state index in [2.05, 4.69) is 45.7 Å². The molecule has 0 bridgehead atoms. The highest BCUT2D eigenvalue weighted by atomic mass is 15.1. The summed E-state index contributed by atoms with van der Waals surface area (Å²) in [5.74, 6) is 0.268. The van der Waals surface area contributed by atoms with Crippen molar-refractivity contribution in [2.75, 3.05) is 17.7 Å². The zero-order valence-electron chi connectivity index (χ0n) is 12.3. The minimum atomic E-state index is 0.268. The van der Waals surface area contributed by atoms with Crippen LogP contribution in [-0.4, -0.2) is 33.0 Å². The number of aromatic amines is 1. The maximum absolute atomic E-state index is 5.70. The third-order valence-corrected chi connectivity index (χ3v) is 3.66. The molecule has 3 rings (SSSR count). The minimum Gasteiger partial charge on any atom is -0.372 e. The van der Waals surface area contributed by atoms with Crippen LogP contribution in [0.25, 0.3) is 22.3 Å². The number of fused-ring (bicyclic) bond motifs is 1. The molecule has 0 spiro atoms. The molecule has 3 heterocycles. The van der Waals surface area contributed by atoms with Gasteiger partial charge in [-0.25, -0.2) is 15.0 Å². The van der Waals surface area contributed by atoms with Gasteiger partial charge in [0.2, 0.25) is 5.95 Å². The summed E-state index contributed by atoms with van der Waals surface area (Å²) >= 11 is 0. The molecule has 6 nitrogen and oxygen atoms in total. The van der Waals surface area contributed by atoms with Gasteiger partial charge in [0.05, 0.1) is 11.1 Å². The standard InChI is InChI=1S/C15H18N6/c1-9(2)21(3)12-5-7-17-14-13(12)10(8-19-14)11-4-6-18-15(16)20-11/h4-9H,1-3H3,(H,17,19)(H2,16,18,20). The monoisotopic (exact) mass is 282 g/mol.